The second-order valence-corrected chi connectivity index (χ2v) is 5.56. The van der Waals surface area contributed by atoms with E-state index in [9.17, 15) is 9.59 Å². The van der Waals surface area contributed by atoms with Crippen LogP contribution in [0.1, 0.15) is 25.3 Å². The van der Waals surface area contributed by atoms with Gasteiger partial charge in [0.05, 0.1) is 13.0 Å². The van der Waals surface area contributed by atoms with Gasteiger partial charge in [0.1, 0.15) is 0 Å². The molecule has 0 fully saturated rings. The van der Waals surface area contributed by atoms with Crippen molar-refractivity contribution in [1.29, 1.82) is 0 Å². The van der Waals surface area contributed by atoms with E-state index >= 15 is 0 Å². The van der Waals surface area contributed by atoms with Crippen LogP contribution >= 0.6 is 0 Å². The van der Waals surface area contributed by atoms with Gasteiger partial charge in [-0.3, -0.25) is 9.59 Å². The van der Waals surface area contributed by atoms with Gasteiger partial charge in [0.25, 0.3) is 0 Å². The van der Waals surface area contributed by atoms with Gasteiger partial charge < -0.3 is 10.0 Å². The summed E-state index contributed by atoms with van der Waals surface area (Å²) < 4.78 is 0. The molecule has 1 aliphatic rings. The number of benzene rings is 1. The molecule has 0 spiro atoms. The van der Waals surface area contributed by atoms with E-state index in [0.717, 1.165) is 17.7 Å². The molecule has 0 saturated carbocycles. The van der Waals surface area contributed by atoms with E-state index in [2.05, 4.69) is 0 Å². The fourth-order valence-corrected chi connectivity index (χ4v) is 2.45. The number of rotatable bonds is 6. The van der Waals surface area contributed by atoms with Crippen molar-refractivity contribution in [1.82, 2.24) is 4.90 Å². The van der Waals surface area contributed by atoms with Crippen molar-refractivity contribution in [3.8, 4) is 0 Å². The molecular formula is C19H21NO3. The quantitative estimate of drug-likeness (QED) is 0.874. The number of carbonyl (C=O) groups is 2. The first kappa shape index (κ1) is 16.7. The minimum Gasteiger partial charge on any atom is -0.481 e. The predicted octanol–water partition coefficient (Wildman–Crippen LogP) is 3.53. The van der Waals surface area contributed by atoms with E-state index in [1.165, 1.54) is 0 Å². The summed E-state index contributed by atoms with van der Waals surface area (Å²) >= 11 is 0. The third kappa shape index (κ3) is 4.95. The number of carboxylic acid groups (broad SMARTS) is 1. The fraction of sp³-hybridized carbons (Fsp3) is 0.263. The van der Waals surface area contributed by atoms with Gasteiger partial charge in [0, 0.05) is 11.6 Å². The van der Waals surface area contributed by atoms with Crippen LogP contribution in [-0.4, -0.2) is 21.9 Å². The lowest BCUT2D eigenvalue weighted by atomic mass is 10.0. The Morgan fingerprint density at radius 2 is 1.96 bits per heavy atom. The highest BCUT2D eigenvalue weighted by Crippen LogP contribution is 2.20. The van der Waals surface area contributed by atoms with Crippen molar-refractivity contribution >= 4 is 11.9 Å². The zero-order chi connectivity index (χ0) is 16.7. The van der Waals surface area contributed by atoms with E-state index < -0.39 is 11.9 Å². The van der Waals surface area contributed by atoms with E-state index in [4.69, 9.17) is 5.11 Å². The number of carbonyl (C=O) groups excluding carboxylic acids is 1. The number of hydrogen-bond acceptors (Lipinski definition) is 2. The molecule has 0 bridgehead atoms. The maximum atomic E-state index is 12.8. The Hall–Kier alpha value is -2.62. The van der Waals surface area contributed by atoms with Crippen LogP contribution in [0.2, 0.25) is 0 Å². The monoisotopic (exact) mass is 311 g/mol. The number of allylic oxidation sites excluding steroid dienone is 5. The van der Waals surface area contributed by atoms with Crippen LogP contribution in [0.15, 0.2) is 66.4 Å². The highest BCUT2D eigenvalue weighted by molar-refractivity contribution is 5.84. The molecule has 0 saturated heterocycles. The molecule has 1 aromatic rings. The smallest absolute Gasteiger partial charge is 0.304 e. The van der Waals surface area contributed by atoms with Gasteiger partial charge in [0.2, 0.25) is 5.91 Å². The van der Waals surface area contributed by atoms with Crippen LogP contribution in [0.25, 0.3) is 0 Å². The van der Waals surface area contributed by atoms with Crippen molar-refractivity contribution in [2.45, 2.75) is 26.3 Å². The first-order chi connectivity index (χ1) is 11.1. The minimum atomic E-state index is -0.961. The zero-order valence-electron chi connectivity index (χ0n) is 13.2. The average molecular weight is 311 g/mol. The summed E-state index contributed by atoms with van der Waals surface area (Å²) in [6, 6.07) is 9.70. The zero-order valence-corrected chi connectivity index (χ0v) is 13.2. The molecule has 4 nitrogen and oxygen atoms in total. The van der Waals surface area contributed by atoms with Crippen molar-refractivity contribution in [2.24, 2.45) is 5.92 Å². The molecule has 1 N–H and O–H groups in total. The summed E-state index contributed by atoms with van der Waals surface area (Å²) in [7, 11) is 0. The normalized spacial score (nSPS) is 14.7. The van der Waals surface area contributed by atoms with Gasteiger partial charge >= 0.3 is 5.97 Å². The SMILES string of the molecule is CC(CC(=O)O)C(=O)N(Cc1ccccc1)C1=CCC=CC=C1. The average Bonchev–Trinajstić information content (AvgIpc) is 2.81. The molecule has 1 amide bonds. The van der Waals surface area contributed by atoms with Crippen molar-refractivity contribution < 1.29 is 14.7 Å². The van der Waals surface area contributed by atoms with Gasteiger partial charge in [-0.25, -0.2) is 0 Å². The maximum Gasteiger partial charge on any atom is 0.304 e. The minimum absolute atomic E-state index is 0.167. The van der Waals surface area contributed by atoms with Crippen molar-refractivity contribution in [2.75, 3.05) is 0 Å². The lowest BCUT2D eigenvalue weighted by Gasteiger charge is -2.26. The number of aliphatic carboxylic acids is 1. The Labute approximate surface area is 136 Å². The van der Waals surface area contributed by atoms with E-state index in [0.29, 0.717) is 6.54 Å². The molecule has 1 unspecified atom stereocenters. The second-order valence-electron chi connectivity index (χ2n) is 5.56. The van der Waals surface area contributed by atoms with Crippen LogP contribution < -0.4 is 0 Å². The molecule has 1 aliphatic carbocycles. The number of amides is 1. The molecule has 2 rings (SSSR count). The Kier molecular flexibility index (Phi) is 5.92. The Balaban J connectivity index is 2.25. The first-order valence-electron chi connectivity index (χ1n) is 7.68. The third-order valence-corrected chi connectivity index (χ3v) is 3.64. The van der Waals surface area contributed by atoms with E-state index in [1.54, 1.807) is 11.8 Å². The summed E-state index contributed by atoms with van der Waals surface area (Å²) in [5.41, 5.74) is 1.82. The fourth-order valence-electron chi connectivity index (χ4n) is 2.45. The molecule has 0 aromatic heterocycles. The Bertz CT molecular complexity index is 644. The summed E-state index contributed by atoms with van der Waals surface area (Å²) in [6.07, 6.45) is 10.3. The number of nitrogens with zero attached hydrogens (tertiary/aromatic N) is 1. The Morgan fingerprint density at radius 1 is 1.22 bits per heavy atom. The molecule has 0 radical (unpaired) electrons. The van der Waals surface area contributed by atoms with Gasteiger partial charge in [-0.2, -0.15) is 0 Å². The summed E-state index contributed by atoms with van der Waals surface area (Å²) in [5, 5.41) is 8.95. The second kappa shape index (κ2) is 8.13. The maximum absolute atomic E-state index is 12.8. The van der Waals surface area contributed by atoms with Gasteiger partial charge in [0.15, 0.2) is 0 Å². The highest BCUT2D eigenvalue weighted by atomic mass is 16.4. The van der Waals surface area contributed by atoms with Gasteiger partial charge in [-0.1, -0.05) is 61.6 Å². The number of hydrogen-bond donors (Lipinski definition) is 1. The summed E-state index contributed by atoms with van der Waals surface area (Å²) in [6.45, 7) is 2.09. The van der Waals surface area contributed by atoms with Crippen molar-refractivity contribution in [3.05, 3.63) is 72.0 Å². The Morgan fingerprint density at radius 3 is 2.65 bits per heavy atom. The van der Waals surface area contributed by atoms with E-state index in [-0.39, 0.29) is 12.3 Å². The molecular weight excluding hydrogens is 290 g/mol. The largest absolute Gasteiger partial charge is 0.481 e. The lowest BCUT2D eigenvalue weighted by Crippen LogP contribution is -2.34. The van der Waals surface area contributed by atoms with Crippen LogP contribution in [0, 0.1) is 5.92 Å². The van der Waals surface area contributed by atoms with Crippen molar-refractivity contribution in [3.63, 3.8) is 0 Å². The van der Waals surface area contributed by atoms with Crippen LogP contribution in [-0.2, 0) is 16.1 Å². The summed E-state index contributed by atoms with van der Waals surface area (Å²) in [5.74, 6) is -1.70. The standard InChI is InChI=1S/C19H21NO3/c1-15(13-18(21)22)19(23)20(14-16-9-5-4-6-10-16)17-11-7-2-3-8-12-17/h2-7,9-12,15H,8,13-14H2,1H3,(H,21,22). The topological polar surface area (TPSA) is 57.6 Å². The number of carboxylic acids is 1. The van der Waals surface area contributed by atoms with Crippen LogP contribution in [0.3, 0.4) is 0 Å². The molecule has 1 aromatic carbocycles. The third-order valence-electron chi connectivity index (χ3n) is 3.64. The summed E-state index contributed by atoms with van der Waals surface area (Å²) in [4.78, 5) is 25.4. The van der Waals surface area contributed by atoms with Crippen LogP contribution in [0.5, 0.6) is 0 Å². The molecule has 0 heterocycles. The van der Waals surface area contributed by atoms with E-state index in [1.807, 2.05) is 60.7 Å². The molecule has 120 valence electrons. The predicted molar refractivity (Wildman–Crippen MR) is 89.4 cm³/mol. The van der Waals surface area contributed by atoms with Gasteiger partial charge in [-0.15, -0.1) is 0 Å². The highest BCUT2D eigenvalue weighted by Gasteiger charge is 2.24. The first-order valence-corrected chi connectivity index (χ1v) is 7.68. The molecule has 4 heteroatoms. The van der Waals surface area contributed by atoms with Crippen LogP contribution in [0.4, 0.5) is 0 Å². The molecule has 23 heavy (non-hydrogen) atoms. The molecule has 1 atom stereocenters. The molecule has 0 aliphatic heterocycles. The van der Waals surface area contributed by atoms with Gasteiger partial charge in [-0.05, 0) is 18.1 Å². The lowest BCUT2D eigenvalue weighted by molar-refractivity contribution is -0.143.